The van der Waals surface area contributed by atoms with E-state index in [1.807, 2.05) is 18.2 Å². The molecule has 4 heteroatoms. The Hall–Kier alpha value is -1.61. The van der Waals surface area contributed by atoms with Crippen molar-refractivity contribution in [2.45, 2.75) is 25.7 Å². The Morgan fingerprint density at radius 1 is 1.29 bits per heavy atom. The Kier molecular flexibility index (Phi) is 3.11. The van der Waals surface area contributed by atoms with Crippen LogP contribution in [0.1, 0.15) is 25.7 Å². The molecule has 1 N–H and O–H groups in total. The van der Waals surface area contributed by atoms with Crippen LogP contribution in [0.3, 0.4) is 0 Å². The van der Waals surface area contributed by atoms with E-state index in [-0.39, 0.29) is 11.8 Å². The molecule has 2 aliphatic carbocycles. The number of rotatable bonds is 2. The number of aromatic nitrogens is 1. The Bertz CT molecular complexity index is 715. The van der Waals surface area contributed by atoms with E-state index in [0.29, 0.717) is 10.9 Å². The number of nitrogens with one attached hydrogen (secondary N) is 1. The third kappa shape index (κ3) is 2.30. The summed E-state index contributed by atoms with van der Waals surface area (Å²) in [5.74, 6) is 1.64. The molecule has 1 aromatic heterocycles. The predicted molar refractivity (Wildman–Crippen MR) is 84.3 cm³/mol. The lowest BCUT2D eigenvalue weighted by molar-refractivity contribution is -0.121. The Labute approximate surface area is 128 Å². The van der Waals surface area contributed by atoms with E-state index in [9.17, 15) is 4.79 Å². The highest BCUT2D eigenvalue weighted by molar-refractivity contribution is 6.32. The number of hydrogen-bond donors (Lipinski definition) is 1. The van der Waals surface area contributed by atoms with Crippen LogP contribution in [-0.4, -0.2) is 10.9 Å². The second-order valence-electron chi connectivity index (χ2n) is 6.30. The van der Waals surface area contributed by atoms with Crippen LogP contribution in [0.25, 0.3) is 10.9 Å². The van der Waals surface area contributed by atoms with Gasteiger partial charge in [0.25, 0.3) is 0 Å². The van der Waals surface area contributed by atoms with Crippen LogP contribution >= 0.6 is 11.6 Å². The Balaban J connectivity index is 1.63. The van der Waals surface area contributed by atoms with Gasteiger partial charge in [0, 0.05) is 22.5 Å². The van der Waals surface area contributed by atoms with E-state index in [4.69, 9.17) is 11.6 Å². The molecule has 0 aliphatic heterocycles. The van der Waals surface area contributed by atoms with Gasteiger partial charge in [-0.2, -0.15) is 0 Å². The monoisotopic (exact) mass is 300 g/mol. The highest BCUT2D eigenvalue weighted by Gasteiger charge is 2.43. The first kappa shape index (κ1) is 13.1. The molecule has 4 rings (SSSR count). The number of amides is 1. The van der Waals surface area contributed by atoms with Gasteiger partial charge in [0.2, 0.25) is 5.91 Å². The standard InChI is InChI=1S/C17H17ClN2O/c18-13-8-12-2-1-5-19-16(12)15(9-13)20-17(21)14-7-10-3-4-11(14)6-10/h1-2,5,8-11,14H,3-4,6-7H2,(H,20,21). The first-order chi connectivity index (χ1) is 10.2. The quantitative estimate of drug-likeness (QED) is 0.900. The second-order valence-corrected chi connectivity index (χ2v) is 6.74. The van der Waals surface area contributed by atoms with E-state index >= 15 is 0 Å². The van der Waals surface area contributed by atoms with E-state index in [1.54, 1.807) is 12.3 Å². The maximum absolute atomic E-state index is 12.6. The summed E-state index contributed by atoms with van der Waals surface area (Å²) in [4.78, 5) is 17.0. The van der Waals surface area contributed by atoms with Gasteiger partial charge >= 0.3 is 0 Å². The normalized spacial score (nSPS) is 27.2. The summed E-state index contributed by atoms with van der Waals surface area (Å²) in [5, 5.41) is 4.64. The van der Waals surface area contributed by atoms with Gasteiger partial charge in [-0.05, 0) is 49.3 Å². The Morgan fingerprint density at radius 2 is 2.19 bits per heavy atom. The molecule has 2 bridgehead atoms. The average molecular weight is 301 g/mol. The van der Waals surface area contributed by atoms with Gasteiger partial charge in [-0.3, -0.25) is 9.78 Å². The maximum atomic E-state index is 12.6. The fourth-order valence-electron chi connectivity index (χ4n) is 4.04. The molecule has 1 amide bonds. The van der Waals surface area contributed by atoms with Crippen molar-refractivity contribution in [3.8, 4) is 0 Å². The molecule has 1 heterocycles. The molecule has 21 heavy (non-hydrogen) atoms. The largest absolute Gasteiger partial charge is 0.324 e. The lowest BCUT2D eigenvalue weighted by Gasteiger charge is -2.21. The molecule has 3 atom stereocenters. The molecule has 0 saturated heterocycles. The lowest BCUT2D eigenvalue weighted by Crippen LogP contribution is -2.27. The van der Waals surface area contributed by atoms with Crippen LogP contribution in [-0.2, 0) is 4.79 Å². The van der Waals surface area contributed by atoms with Gasteiger partial charge in [-0.1, -0.05) is 24.1 Å². The third-order valence-corrected chi connectivity index (χ3v) is 5.22. The van der Waals surface area contributed by atoms with Crippen LogP contribution in [0, 0.1) is 17.8 Å². The van der Waals surface area contributed by atoms with Crippen molar-refractivity contribution in [2.24, 2.45) is 17.8 Å². The first-order valence-corrected chi connectivity index (χ1v) is 7.93. The van der Waals surface area contributed by atoms with Crippen LogP contribution < -0.4 is 5.32 Å². The summed E-state index contributed by atoms with van der Waals surface area (Å²) in [6.45, 7) is 0. The van der Waals surface area contributed by atoms with E-state index in [1.165, 1.54) is 19.3 Å². The second kappa shape index (κ2) is 4.99. The van der Waals surface area contributed by atoms with Gasteiger partial charge in [0.1, 0.15) is 0 Å². The molecule has 3 nitrogen and oxygen atoms in total. The first-order valence-electron chi connectivity index (χ1n) is 7.56. The molecular weight excluding hydrogens is 284 g/mol. The molecule has 2 aliphatic rings. The zero-order valence-corrected chi connectivity index (χ0v) is 12.4. The summed E-state index contributed by atoms with van der Waals surface area (Å²) in [7, 11) is 0. The number of carbonyl (C=O) groups is 1. The molecule has 108 valence electrons. The van der Waals surface area contributed by atoms with Crippen LogP contribution in [0.4, 0.5) is 5.69 Å². The third-order valence-electron chi connectivity index (χ3n) is 5.00. The minimum Gasteiger partial charge on any atom is -0.324 e. The van der Waals surface area contributed by atoms with Crippen molar-refractivity contribution >= 4 is 34.1 Å². The Morgan fingerprint density at radius 3 is 2.95 bits per heavy atom. The van der Waals surface area contributed by atoms with Gasteiger partial charge in [0.15, 0.2) is 0 Å². The molecule has 0 spiro atoms. The molecule has 2 aromatic rings. The van der Waals surface area contributed by atoms with Crippen molar-refractivity contribution in [3.63, 3.8) is 0 Å². The fraction of sp³-hybridized carbons (Fsp3) is 0.412. The van der Waals surface area contributed by atoms with Gasteiger partial charge in [-0.25, -0.2) is 0 Å². The summed E-state index contributed by atoms with van der Waals surface area (Å²) < 4.78 is 0. The lowest BCUT2D eigenvalue weighted by atomic mass is 9.88. The van der Waals surface area contributed by atoms with Crippen molar-refractivity contribution in [2.75, 3.05) is 5.32 Å². The van der Waals surface area contributed by atoms with Gasteiger partial charge in [-0.15, -0.1) is 0 Å². The predicted octanol–water partition coefficient (Wildman–Crippen LogP) is 4.26. The van der Waals surface area contributed by atoms with Crippen LogP contribution in [0.15, 0.2) is 30.5 Å². The summed E-state index contributed by atoms with van der Waals surface area (Å²) in [5.41, 5.74) is 1.53. The number of fused-ring (bicyclic) bond motifs is 3. The van der Waals surface area contributed by atoms with E-state index in [0.717, 1.165) is 28.9 Å². The fourth-order valence-corrected chi connectivity index (χ4v) is 4.27. The molecule has 0 radical (unpaired) electrons. The highest BCUT2D eigenvalue weighted by Crippen LogP contribution is 2.48. The molecule has 2 fully saturated rings. The number of nitrogens with zero attached hydrogens (tertiary/aromatic N) is 1. The van der Waals surface area contributed by atoms with Crippen molar-refractivity contribution in [1.82, 2.24) is 4.98 Å². The molecule has 2 saturated carbocycles. The topological polar surface area (TPSA) is 42.0 Å². The summed E-state index contributed by atoms with van der Waals surface area (Å²) >= 11 is 6.15. The minimum absolute atomic E-state index is 0.136. The summed E-state index contributed by atoms with van der Waals surface area (Å²) in [6, 6.07) is 7.50. The number of hydrogen-bond acceptors (Lipinski definition) is 2. The molecular formula is C17H17ClN2O. The number of halogens is 1. The smallest absolute Gasteiger partial charge is 0.227 e. The van der Waals surface area contributed by atoms with Crippen LogP contribution in [0.2, 0.25) is 5.02 Å². The zero-order valence-electron chi connectivity index (χ0n) is 11.7. The van der Waals surface area contributed by atoms with Crippen molar-refractivity contribution < 1.29 is 4.79 Å². The number of pyridine rings is 1. The van der Waals surface area contributed by atoms with Gasteiger partial charge < -0.3 is 5.32 Å². The maximum Gasteiger partial charge on any atom is 0.227 e. The average Bonchev–Trinajstić information content (AvgIpc) is 3.09. The highest BCUT2D eigenvalue weighted by atomic mass is 35.5. The number of benzene rings is 1. The van der Waals surface area contributed by atoms with Gasteiger partial charge in [0.05, 0.1) is 11.2 Å². The zero-order chi connectivity index (χ0) is 14.4. The molecule has 3 unspecified atom stereocenters. The van der Waals surface area contributed by atoms with Crippen molar-refractivity contribution in [3.05, 3.63) is 35.5 Å². The molecule has 1 aromatic carbocycles. The van der Waals surface area contributed by atoms with Crippen molar-refractivity contribution in [1.29, 1.82) is 0 Å². The number of anilines is 1. The van der Waals surface area contributed by atoms with Crippen LogP contribution in [0.5, 0.6) is 0 Å². The summed E-state index contributed by atoms with van der Waals surface area (Å²) in [6.07, 6.45) is 6.52. The van der Waals surface area contributed by atoms with E-state index < -0.39 is 0 Å². The number of carbonyl (C=O) groups excluding carboxylic acids is 1. The minimum atomic E-state index is 0.136. The van der Waals surface area contributed by atoms with E-state index in [2.05, 4.69) is 10.3 Å². The SMILES string of the molecule is O=C(Nc1cc(Cl)cc2cccnc12)C1CC2CCC1C2.